The number of halogens is 1. The number of nitrogens with zero attached hydrogens (tertiary/aromatic N) is 2. The molecule has 0 spiro atoms. The van der Waals surface area contributed by atoms with Crippen LogP contribution in [0.5, 0.6) is 0 Å². The molecule has 2 amide bonds. The van der Waals surface area contributed by atoms with E-state index in [0.717, 1.165) is 16.7 Å². The van der Waals surface area contributed by atoms with Crippen LogP contribution in [-0.2, 0) is 16.1 Å². The lowest BCUT2D eigenvalue weighted by Gasteiger charge is -2.42. The molecule has 1 unspecified atom stereocenters. The average Bonchev–Trinajstić information content (AvgIpc) is 2.59. The molecule has 3 rings (SSSR count). The number of carbonyl (C=O) groups excluding carboxylic acids is 2. The van der Waals surface area contributed by atoms with E-state index in [1.165, 1.54) is 0 Å². The predicted octanol–water partition coefficient (Wildman–Crippen LogP) is 3.97. The predicted molar refractivity (Wildman–Crippen MR) is 103 cm³/mol. The Kier molecular flexibility index (Phi) is 5.33. The maximum atomic E-state index is 13.2. The molecule has 0 saturated carbocycles. The van der Waals surface area contributed by atoms with Crippen molar-refractivity contribution in [3.05, 3.63) is 70.2 Å². The van der Waals surface area contributed by atoms with Gasteiger partial charge in [-0.25, -0.2) is 0 Å². The van der Waals surface area contributed by atoms with Gasteiger partial charge < -0.3 is 9.80 Å². The number of rotatable bonds is 4. The van der Waals surface area contributed by atoms with Crippen LogP contribution < -0.4 is 0 Å². The average molecular weight is 371 g/mol. The lowest BCUT2D eigenvalue weighted by molar-refractivity contribution is -0.158. The summed E-state index contributed by atoms with van der Waals surface area (Å²) in [7, 11) is 0. The summed E-state index contributed by atoms with van der Waals surface area (Å²) in [5, 5.41) is 0.619. The number of piperazine rings is 1. The molecule has 0 aromatic heterocycles. The van der Waals surface area contributed by atoms with Crippen LogP contribution >= 0.6 is 11.6 Å². The Bertz CT molecular complexity index is 817. The van der Waals surface area contributed by atoms with Crippen LogP contribution in [0.4, 0.5) is 0 Å². The maximum Gasteiger partial charge on any atom is 0.250 e. The third-order valence-electron chi connectivity index (χ3n) is 4.71. The summed E-state index contributed by atoms with van der Waals surface area (Å²) in [6, 6.07) is 14.6. The summed E-state index contributed by atoms with van der Waals surface area (Å²) < 4.78 is 0. The molecule has 2 aromatic carbocycles. The first kappa shape index (κ1) is 18.5. The van der Waals surface area contributed by atoms with E-state index in [4.69, 9.17) is 11.6 Å². The molecule has 1 fully saturated rings. The van der Waals surface area contributed by atoms with Gasteiger partial charge in [0.2, 0.25) is 5.91 Å². The van der Waals surface area contributed by atoms with Crippen LogP contribution in [0, 0.1) is 6.92 Å². The van der Waals surface area contributed by atoms with E-state index in [1.54, 1.807) is 15.9 Å². The van der Waals surface area contributed by atoms with Crippen LogP contribution in [0.3, 0.4) is 0 Å². The maximum absolute atomic E-state index is 13.2. The summed E-state index contributed by atoms with van der Waals surface area (Å²) in [5.41, 5.74) is 2.86. The highest BCUT2D eigenvalue weighted by Crippen LogP contribution is 2.30. The number of aryl methyl sites for hydroxylation is 1. The quantitative estimate of drug-likeness (QED) is 0.817. The minimum Gasteiger partial charge on any atom is -0.329 e. The highest BCUT2D eigenvalue weighted by molar-refractivity contribution is 6.30. The Morgan fingerprint density at radius 1 is 1.12 bits per heavy atom. The van der Waals surface area contributed by atoms with Crippen LogP contribution in [0.1, 0.15) is 36.6 Å². The van der Waals surface area contributed by atoms with Crippen molar-refractivity contribution in [2.75, 3.05) is 6.54 Å². The smallest absolute Gasteiger partial charge is 0.250 e. The molecule has 5 heteroatoms. The zero-order valence-electron chi connectivity index (χ0n) is 15.3. The normalized spacial score (nSPS) is 18.0. The van der Waals surface area contributed by atoms with E-state index in [0.29, 0.717) is 11.6 Å². The molecule has 1 saturated heterocycles. The first-order chi connectivity index (χ1) is 12.4. The van der Waals surface area contributed by atoms with Gasteiger partial charge in [-0.2, -0.15) is 0 Å². The van der Waals surface area contributed by atoms with Gasteiger partial charge >= 0.3 is 0 Å². The lowest BCUT2D eigenvalue weighted by Crippen LogP contribution is -2.56. The Balaban J connectivity index is 1.99. The molecule has 2 aromatic rings. The zero-order valence-corrected chi connectivity index (χ0v) is 16.0. The molecular weight excluding hydrogens is 348 g/mol. The number of carbonyl (C=O) groups is 2. The van der Waals surface area contributed by atoms with Gasteiger partial charge in [-0.15, -0.1) is 0 Å². The zero-order chi connectivity index (χ0) is 18.8. The summed E-state index contributed by atoms with van der Waals surface area (Å²) in [6.45, 7) is 6.34. The molecule has 1 heterocycles. The lowest BCUT2D eigenvalue weighted by atomic mass is 9.98. The Labute approximate surface area is 159 Å². The first-order valence-corrected chi connectivity index (χ1v) is 9.15. The van der Waals surface area contributed by atoms with Gasteiger partial charge in [-0.1, -0.05) is 53.6 Å². The number of hydrogen-bond donors (Lipinski definition) is 0. The summed E-state index contributed by atoms with van der Waals surface area (Å²) >= 11 is 6.08. The molecule has 0 aliphatic carbocycles. The first-order valence-electron chi connectivity index (χ1n) is 8.78. The van der Waals surface area contributed by atoms with E-state index in [9.17, 15) is 9.59 Å². The topological polar surface area (TPSA) is 40.6 Å². The molecule has 26 heavy (non-hydrogen) atoms. The highest BCUT2D eigenvalue weighted by atomic mass is 35.5. The Morgan fingerprint density at radius 3 is 2.42 bits per heavy atom. The van der Waals surface area contributed by atoms with Crippen molar-refractivity contribution in [3.8, 4) is 0 Å². The fraction of sp³-hybridized carbons (Fsp3) is 0.333. The standard InChI is InChI=1S/C21H23ClN2O2/c1-14(2)23-13-19(25)24(12-16-5-4-6-18(22)11-16)20(21(23)26)17-9-7-15(3)8-10-17/h4-11,14,20H,12-13H2,1-3H3. The highest BCUT2D eigenvalue weighted by Gasteiger charge is 2.41. The van der Waals surface area contributed by atoms with Crippen LogP contribution in [0.15, 0.2) is 48.5 Å². The SMILES string of the molecule is Cc1ccc(C2C(=O)N(C(C)C)CC(=O)N2Cc2cccc(Cl)c2)cc1. The van der Waals surface area contributed by atoms with Gasteiger partial charge in [0.05, 0.1) is 0 Å². The largest absolute Gasteiger partial charge is 0.329 e. The second-order valence-electron chi connectivity index (χ2n) is 7.02. The van der Waals surface area contributed by atoms with E-state index in [-0.39, 0.29) is 24.4 Å². The van der Waals surface area contributed by atoms with Gasteiger partial charge in [0.1, 0.15) is 12.6 Å². The monoisotopic (exact) mass is 370 g/mol. The molecule has 136 valence electrons. The van der Waals surface area contributed by atoms with Gasteiger partial charge in [-0.05, 0) is 44.0 Å². The number of amides is 2. The van der Waals surface area contributed by atoms with Crippen LogP contribution in [0.25, 0.3) is 0 Å². The fourth-order valence-corrected chi connectivity index (χ4v) is 3.48. The molecule has 4 nitrogen and oxygen atoms in total. The molecule has 1 aliphatic heterocycles. The van der Waals surface area contributed by atoms with Crippen molar-refractivity contribution in [2.45, 2.75) is 39.4 Å². The Morgan fingerprint density at radius 2 is 1.81 bits per heavy atom. The van der Waals surface area contributed by atoms with E-state index in [2.05, 4.69) is 0 Å². The van der Waals surface area contributed by atoms with Crippen molar-refractivity contribution < 1.29 is 9.59 Å². The van der Waals surface area contributed by atoms with Crippen LogP contribution in [-0.4, -0.2) is 34.2 Å². The van der Waals surface area contributed by atoms with Gasteiger partial charge in [-0.3, -0.25) is 9.59 Å². The van der Waals surface area contributed by atoms with Gasteiger partial charge in [0.15, 0.2) is 0 Å². The molecule has 0 radical (unpaired) electrons. The van der Waals surface area contributed by atoms with Crippen molar-refractivity contribution in [1.29, 1.82) is 0 Å². The summed E-state index contributed by atoms with van der Waals surface area (Å²) in [6.07, 6.45) is 0. The van der Waals surface area contributed by atoms with Gasteiger partial charge in [0.25, 0.3) is 5.91 Å². The van der Waals surface area contributed by atoms with E-state index < -0.39 is 6.04 Å². The molecule has 0 N–H and O–H groups in total. The Hall–Kier alpha value is -2.33. The molecule has 1 atom stereocenters. The second-order valence-corrected chi connectivity index (χ2v) is 7.46. The molecule has 0 bridgehead atoms. The van der Waals surface area contributed by atoms with Crippen LogP contribution in [0.2, 0.25) is 5.02 Å². The third-order valence-corrected chi connectivity index (χ3v) is 4.95. The van der Waals surface area contributed by atoms with Crippen molar-refractivity contribution in [2.24, 2.45) is 0 Å². The summed E-state index contributed by atoms with van der Waals surface area (Å²) in [4.78, 5) is 29.4. The fourth-order valence-electron chi connectivity index (χ4n) is 3.27. The van der Waals surface area contributed by atoms with Crippen molar-refractivity contribution in [3.63, 3.8) is 0 Å². The minimum absolute atomic E-state index is 0.0206. The van der Waals surface area contributed by atoms with Crippen molar-refractivity contribution in [1.82, 2.24) is 9.80 Å². The molecule has 1 aliphatic rings. The van der Waals surface area contributed by atoms with E-state index in [1.807, 2.05) is 63.2 Å². The van der Waals surface area contributed by atoms with Gasteiger partial charge in [0, 0.05) is 17.6 Å². The third kappa shape index (κ3) is 3.75. The second kappa shape index (κ2) is 7.50. The van der Waals surface area contributed by atoms with E-state index >= 15 is 0 Å². The minimum atomic E-state index is -0.613. The molecular formula is C21H23ClN2O2. The van der Waals surface area contributed by atoms with Crippen molar-refractivity contribution >= 4 is 23.4 Å². The number of benzene rings is 2. The summed E-state index contributed by atoms with van der Waals surface area (Å²) in [5.74, 6) is -0.0886. The number of hydrogen-bond acceptors (Lipinski definition) is 2.